The Morgan fingerprint density at radius 3 is 0.308 bits per heavy atom. The first kappa shape index (κ1) is 445. The fraction of sp³-hybridized carbons (Fsp3) is 0. The van der Waals surface area contributed by atoms with Crippen LogP contribution in [-0.4, -0.2) is 34.7 Å². The van der Waals surface area contributed by atoms with Gasteiger partial charge in [0.2, 0.25) is 0 Å². The molecule has 0 amide bonds. The Kier molecular flexibility index (Phi) is 12400. The zero-order chi connectivity index (χ0) is 0. The normalized spacial score (nSPS) is 0. The van der Waals surface area contributed by atoms with Crippen molar-refractivity contribution in [2.75, 3.05) is 0 Å². The van der Waals surface area contributed by atoms with E-state index in [1.54, 1.807) is 0 Å². The van der Waals surface area contributed by atoms with Crippen LogP contribution >= 0.6 is 0 Å². The summed E-state index contributed by atoms with van der Waals surface area (Å²) < 4.78 is 0. The van der Waals surface area contributed by atoms with Gasteiger partial charge in [-0.05, 0) is 0 Å². The van der Waals surface area contributed by atoms with Crippen molar-refractivity contribution in [3.63, 3.8) is 0 Å². The molecule has 86 valence electrons. The third-order valence-electron chi connectivity index (χ3n) is 0. The minimum atomic E-state index is 0. The predicted molar refractivity (Wildman–Crippen MR) is 16.3 cm³/mol. The maximum Gasteiger partial charge on any atom is 3.00 e. The molecule has 0 saturated carbocycles. The van der Waals surface area contributed by atoms with Gasteiger partial charge in [-0.3, -0.25) is 0 Å². The molecule has 0 aliphatic carbocycles. The molecule has 0 bridgehead atoms. The van der Waals surface area contributed by atoms with Gasteiger partial charge in [-0.15, -0.1) is 0 Å². The second-order valence-corrected chi connectivity index (χ2v) is 0. The fourth-order valence-corrected chi connectivity index (χ4v) is 0. The molecule has 0 saturated heterocycles. The molecule has 0 spiro atoms. The molecule has 0 aromatic heterocycles. The topological polar surface area (TPSA) is 200 Å². The molecule has 7 nitrogen and oxygen atoms in total. The first-order valence-corrected chi connectivity index (χ1v) is 0. The van der Waals surface area contributed by atoms with Crippen LogP contribution in [-0.2, 0) is 105 Å². The minimum Gasteiger partial charge on any atom is -2.00 e. The smallest absolute Gasteiger partial charge is 2.00 e. The molecule has 13 heteroatoms. The van der Waals surface area contributed by atoms with Gasteiger partial charge in [-0.25, -0.2) is 0 Å². The van der Waals surface area contributed by atoms with E-state index in [4.69, 9.17) is 0 Å². The summed E-state index contributed by atoms with van der Waals surface area (Å²) in [5.74, 6) is 0. The molecular weight excluding hydrogens is 401 g/mol. The van der Waals surface area contributed by atoms with Crippen molar-refractivity contribution in [3.05, 3.63) is 0 Å². The standard InChI is InChI=1S/2Al.2Co.2Ni.7O/q2*+3;4*+2;7*-2. The molecular formula is Al2Co2Ni2O7. The van der Waals surface area contributed by atoms with E-state index in [0.717, 1.165) is 0 Å². The molecule has 0 N–H and O–H groups in total. The fourth-order valence-electron chi connectivity index (χ4n) is 0. The van der Waals surface area contributed by atoms with Crippen molar-refractivity contribution in [2.45, 2.75) is 0 Å². The van der Waals surface area contributed by atoms with Gasteiger partial charge in [0.15, 0.2) is 0 Å². The Hall–Kier alpha value is 2.78. The third kappa shape index (κ3) is 312. The summed E-state index contributed by atoms with van der Waals surface area (Å²) in [5.41, 5.74) is 0. The molecule has 0 aromatic rings. The number of rotatable bonds is 0. The summed E-state index contributed by atoms with van der Waals surface area (Å²) in [6.07, 6.45) is 0. The first-order valence-electron chi connectivity index (χ1n) is 0. The average Bonchev–Trinajstić information content (AvgIpc) is 0. The Balaban J connectivity index is 0. The van der Waals surface area contributed by atoms with Crippen LogP contribution in [0.25, 0.3) is 0 Å². The van der Waals surface area contributed by atoms with E-state index in [0.29, 0.717) is 0 Å². The zero-order valence-electron chi connectivity index (χ0n) is 5.31. The van der Waals surface area contributed by atoms with E-state index in [1.165, 1.54) is 0 Å². The van der Waals surface area contributed by atoms with Crippen LogP contribution in [0.15, 0.2) is 0 Å². The van der Waals surface area contributed by atoms with Gasteiger partial charge in [0.25, 0.3) is 0 Å². The summed E-state index contributed by atoms with van der Waals surface area (Å²) in [5, 5.41) is 0. The van der Waals surface area contributed by atoms with Crippen LogP contribution in [0.1, 0.15) is 0 Å². The molecule has 0 aliphatic heterocycles. The maximum absolute atomic E-state index is 0. The van der Waals surface area contributed by atoms with Crippen LogP contribution in [0, 0.1) is 0 Å². The van der Waals surface area contributed by atoms with Gasteiger partial charge in [-0.2, -0.15) is 0 Å². The molecule has 0 aliphatic rings. The van der Waals surface area contributed by atoms with E-state index in [2.05, 4.69) is 0 Å². The van der Waals surface area contributed by atoms with Crippen molar-refractivity contribution < 1.29 is 105 Å². The number of hydrogen-bond acceptors (Lipinski definition) is 0. The van der Waals surface area contributed by atoms with Crippen molar-refractivity contribution in [3.8, 4) is 0 Å². The third-order valence-corrected chi connectivity index (χ3v) is 0. The van der Waals surface area contributed by atoms with Crippen molar-refractivity contribution in [1.82, 2.24) is 0 Å². The first-order chi connectivity index (χ1) is 0. The van der Waals surface area contributed by atoms with Gasteiger partial charge < -0.3 is 38.3 Å². The van der Waals surface area contributed by atoms with Gasteiger partial charge in [0, 0.05) is 0 Å². The van der Waals surface area contributed by atoms with Crippen molar-refractivity contribution in [1.29, 1.82) is 0 Å². The zero-order valence-corrected chi connectivity index (χ0v) is 11.7. The largest absolute Gasteiger partial charge is 3.00 e. The van der Waals surface area contributed by atoms with Crippen LogP contribution in [0.4, 0.5) is 0 Å². The summed E-state index contributed by atoms with van der Waals surface area (Å²) in [6, 6.07) is 0. The van der Waals surface area contributed by atoms with Gasteiger partial charge >= 0.3 is 101 Å². The van der Waals surface area contributed by atoms with Crippen LogP contribution in [0.5, 0.6) is 0 Å². The number of hydrogen-bond donors (Lipinski definition) is 0. The van der Waals surface area contributed by atoms with Gasteiger partial charge in [-0.1, -0.05) is 0 Å². The Morgan fingerprint density at radius 2 is 0.308 bits per heavy atom. The average molecular weight is 401 g/mol. The Labute approximate surface area is 138 Å². The van der Waals surface area contributed by atoms with Crippen LogP contribution < -0.4 is 0 Å². The quantitative estimate of drug-likeness (QED) is 0.421. The summed E-state index contributed by atoms with van der Waals surface area (Å²) in [4.78, 5) is 0. The SMILES string of the molecule is [Al+3].[Al+3].[Co+2].[Co+2].[Ni+2].[Ni+2].[O-2].[O-2].[O-2].[O-2].[O-2].[O-2].[O-2]. The molecule has 0 unspecified atom stereocenters. The monoisotopic (exact) mass is 400 g/mol. The van der Waals surface area contributed by atoms with Crippen LogP contribution in [0.2, 0.25) is 0 Å². The summed E-state index contributed by atoms with van der Waals surface area (Å²) in [7, 11) is 0. The second kappa shape index (κ2) is 362. The molecule has 13 heavy (non-hydrogen) atoms. The Bertz CT molecular complexity index is 22.5. The van der Waals surface area contributed by atoms with E-state index in [9.17, 15) is 0 Å². The predicted octanol–water partition coefficient (Wildman–Crippen LogP) is -1.60. The van der Waals surface area contributed by atoms with E-state index in [-0.39, 0.29) is 140 Å². The van der Waals surface area contributed by atoms with Crippen molar-refractivity contribution >= 4 is 34.7 Å². The van der Waals surface area contributed by atoms with Gasteiger partial charge in [0.05, 0.1) is 0 Å². The Morgan fingerprint density at radius 1 is 0.308 bits per heavy atom. The molecule has 2 radical (unpaired) electrons. The van der Waals surface area contributed by atoms with Crippen LogP contribution in [0.3, 0.4) is 0 Å². The molecule has 0 heterocycles. The van der Waals surface area contributed by atoms with Gasteiger partial charge in [0.1, 0.15) is 0 Å². The summed E-state index contributed by atoms with van der Waals surface area (Å²) in [6.45, 7) is 0. The second-order valence-electron chi connectivity index (χ2n) is 0. The molecule has 0 aromatic carbocycles. The molecule has 0 fully saturated rings. The van der Waals surface area contributed by atoms with E-state index < -0.39 is 0 Å². The molecule has 0 atom stereocenters. The maximum atomic E-state index is 0. The van der Waals surface area contributed by atoms with E-state index in [1.807, 2.05) is 0 Å². The van der Waals surface area contributed by atoms with E-state index >= 15 is 0 Å². The summed E-state index contributed by atoms with van der Waals surface area (Å²) >= 11 is 0. The van der Waals surface area contributed by atoms with Crippen molar-refractivity contribution in [2.24, 2.45) is 0 Å². The minimum absolute atomic E-state index is 0. The molecule has 0 rings (SSSR count).